The van der Waals surface area contributed by atoms with Gasteiger partial charge in [-0.1, -0.05) is 46.7 Å². The third kappa shape index (κ3) is 9.83. The van der Waals surface area contributed by atoms with Crippen LogP contribution in [0.4, 0.5) is 0 Å². The smallest absolute Gasteiger partial charge is 0.345 e. The molecule has 0 aliphatic heterocycles. The molecule has 3 aromatic carbocycles. The number of hydrazone groups is 1. The van der Waals surface area contributed by atoms with E-state index in [1.807, 2.05) is 26.0 Å². The molecular formula is C28H30N6O6S3. The highest BCUT2D eigenvalue weighted by Crippen LogP contribution is 2.21. The first kappa shape index (κ1) is 33.1. The van der Waals surface area contributed by atoms with Gasteiger partial charge in [-0.2, -0.15) is 4.40 Å². The molecule has 0 bridgehead atoms. The van der Waals surface area contributed by atoms with E-state index in [1.54, 1.807) is 41.8 Å². The van der Waals surface area contributed by atoms with Crippen molar-refractivity contribution < 1.29 is 35.4 Å². The number of aromatic nitrogens is 2. The van der Waals surface area contributed by atoms with Crippen LogP contribution in [0.15, 0.2) is 105 Å². The van der Waals surface area contributed by atoms with Crippen molar-refractivity contribution in [1.82, 2.24) is 4.57 Å². The van der Waals surface area contributed by atoms with Crippen LogP contribution in [0.2, 0.25) is 0 Å². The summed E-state index contributed by atoms with van der Waals surface area (Å²) in [4.78, 5) is 0.848. The van der Waals surface area contributed by atoms with Gasteiger partial charge in [0, 0.05) is 21.6 Å². The van der Waals surface area contributed by atoms with Crippen LogP contribution in [-0.4, -0.2) is 42.7 Å². The lowest BCUT2D eigenvalue weighted by Gasteiger charge is -2.05. The summed E-state index contributed by atoms with van der Waals surface area (Å²) in [7, 11) is -6.47. The third-order valence-electron chi connectivity index (χ3n) is 5.78. The summed E-state index contributed by atoms with van der Waals surface area (Å²) in [5.41, 5.74) is 15.7. The number of benzene rings is 3. The van der Waals surface area contributed by atoms with Crippen LogP contribution in [0.1, 0.15) is 16.7 Å². The van der Waals surface area contributed by atoms with Gasteiger partial charge in [0.05, 0.1) is 16.8 Å². The SMILES string of the molecule is Cc1ccc(S(=O)(=O)[O-])cc1.Cc1ccc(S(=O)(=O)[O-])cc1.Cn1c(-c2ccc(/C=[NH+]/N=C(N)N)cc2)c[n+]2ccsc12. The zero-order chi connectivity index (χ0) is 31.8. The maximum atomic E-state index is 10.4. The van der Waals surface area contributed by atoms with Gasteiger partial charge in [-0.3, -0.25) is 0 Å². The Bertz CT molecular complexity index is 1870. The average molecular weight is 643 g/mol. The van der Waals surface area contributed by atoms with E-state index < -0.39 is 20.2 Å². The largest absolute Gasteiger partial charge is 0.744 e. The summed E-state index contributed by atoms with van der Waals surface area (Å²) in [6.07, 6.45) is 5.93. The highest BCUT2D eigenvalue weighted by Gasteiger charge is 2.16. The molecule has 0 unspecified atom stereocenters. The van der Waals surface area contributed by atoms with E-state index in [2.05, 4.69) is 56.1 Å². The molecule has 5 N–H and O–H groups in total. The van der Waals surface area contributed by atoms with Gasteiger partial charge < -0.3 is 20.6 Å². The Morgan fingerprint density at radius 3 is 1.77 bits per heavy atom. The number of nitrogens with one attached hydrogen (secondary N) is 1. The second-order valence-corrected chi connectivity index (χ2v) is 12.8. The first-order valence-electron chi connectivity index (χ1n) is 12.4. The molecule has 0 amide bonds. The minimum Gasteiger partial charge on any atom is -0.744 e. The van der Waals surface area contributed by atoms with Crippen LogP contribution in [-0.2, 0) is 27.3 Å². The topological polar surface area (TPSA) is 202 Å². The number of hydrogen-bond acceptors (Lipinski definition) is 8. The maximum absolute atomic E-state index is 10.4. The Kier molecular flexibility index (Phi) is 10.9. The van der Waals surface area contributed by atoms with Crippen LogP contribution in [0.5, 0.6) is 0 Å². The van der Waals surface area contributed by atoms with Gasteiger partial charge in [-0.05, 0) is 62.4 Å². The van der Waals surface area contributed by atoms with Crippen LogP contribution < -0.4 is 21.0 Å². The highest BCUT2D eigenvalue weighted by atomic mass is 32.2. The lowest BCUT2D eigenvalue weighted by atomic mass is 10.1. The van der Waals surface area contributed by atoms with Crippen molar-refractivity contribution in [3.05, 3.63) is 107 Å². The van der Waals surface area contributed by atoms with Crippen molar-refractivity contribution in [3.8, 4) is 11.3 Å². The molecular weight excluding hydrogens is 613 g/mol. The van der Waals surface area contributed by atoms with E-state index in [1.165, 1.54) is 34.9 Å². The number of aryl methyl sites for hydroxylation is 3. The van der Waals surface area contributed by atoms with Gasteiger partial charge >= 0.3 is 4.96 Å². The summed E-state index contributed by atoms with van der Waals surface area (Å²) in [6, 6.07) is 19.7. The summed E-state index contributed by atoms with van der Waals surface area (Å²) >= 11 is 1.72. The molecule has 2 aromatic heterocycles. The molecule has 0 fully saturated rings. The Morgan fingerprint density at radius 2 is 1.35 bits per heavy atom. The molecule has 0 saturated heterocycles. The van der Waals surface area contributed by atoms with E-state index in [0.29, 0.717) is 0 Å². The third-order valence-corrected chi connectivity index (χ3v) is 8.43. The molecule has 0 spiro atoms. The molecule has 0 aliphatic carbocycles. The minimum atomic E-state index is -4.27. The van der Waals surface area contributed by atoms with Gasteiger partial charge in [0.15, 0.2) is 5.69 Å². The fraction of sp³-hybridized carbons (Fsp3) is 0.107. The Hall–Kier alpha value is -4.41. The predicted molar refractivity (Wildman–Crippen MR) is 162 cm³/mol. The fourth-order valence-electron chi connectivity index (χ4n) is 3.56. The summed E-state index contributed by atoms with van der Waals surface area (Å²) in [5, 5.41) is 8.47. The van der Waals surface area contributed by atoms with Gasteiger partial charge in [0.1, 0.15) is 32.6 Å². The minimum absolute atomic E-state index is 0.00350. The van der Waals surface area contributed by atoms with Crippen LogP contribution in [0, 0.1) is 13.8 Å². The second kappa shape index (κ2) is 14.2. The van der Waals surface area contributed by atoms with Crippen LogP contribution in [0.3, 0.4) is 0 Å². The molecule has 226 valence electrons. The van der Waals surface area contributed by atoms with E-state index in [9.17, 15) is 25.9 Å². The van der Waals surface area contributed by atoms with Gasteiger partial charge in [0.25, 0.3) is 5.96 Å². The van der Waals surface area contributed by atoms with Crippen molar-refractivity contribution >= 4 is 48.7 Å². The first-order valence-corrected chi connectivity index (χ1v) is 16.1. The quantitative estimate of drug-likeness (QED) is 0.0827. The Balaban J connectivity index is 0.000000195. The number of hydrogen-bond donors (Lipinski definition) is 3. The summed E-state index contributed by atoms with van der Waals surface area (Å²) in [6.45, 7) is 3.64. The zero-order valence-electron chi connectivity index (χ0n) is 23.4. The molecule has 5 rings (SSSR count). The number of thiazole rings is 1. The molecule has 0 atom stereocenters. The lowest BCUT2D eigenvalue weighted by molar-refractivity contribution is -0.505. The zero-order valence-corrected chi connectivity index (χ0v) is 25.9. The molecule has 15 heteroatoms. The number of nitrogens with zero attached hydrogens (tertiary/aromatic N) is 3. The number of imidazole rings is 1. The second-order valence-electron chi connectivity index (χ2n) is 9.13. The van der Waals surface area contributed by atoms with E-state index in [-0.39, 0.29) is 15.8 Å². The van der Waals surface area contributed by atoms with Crippen molar-refractivity contribution in [2.45, 2.75) is 23.6 Å². The fourth-order valence-corrected chi connectivity index (χ4v) is 5.31. The van der Waals surface area contributed by atoms with Gasteiger partial charge in [-0.25, -0.2) is 21.4 Å². The lowest BCUT2D eigenvalue weighted by Crippen LogP contribution is -2.63. The predicted octanol–water partition coefficient (Wildman–Crippen LogP) is 0.978. The van der Waals surface area contributed by atoms with Gasteiger partial charge in [0.2, 0.25) is 6.21 Å². The Labute approximate surface area is 253 Å². The normalized spacial score (nSPS) is 11.4. The van der Waals surface area contributed by atoms with E-state index in [0.717, 1.165) is 22.3 Å². The molecule has 12 nitrogen and oxygen atoms in total. The highest BCUT2D eigenvalue weighted by molar-refractivity contribution is 7.86. The standard InChI is InChI=1S/C14H15N6S.2C7H8O3S/c1-19-12(9-20-6-7-21-14(19)20)11-4-2-10(3-5-11)8-17-18-13(15)16;2*1-6-2-4-7(5-3-6)11(8,9)10/h2-9H,1H3,(H4,15,16,18);2*2-5H,1H3,(H,8,9,10)/q+1;;/p-1/b17-8+;;. The monoisotopic (exact) mass is 642 g/mol. The molecule has 0 saturated carbocycles. The van der Waals surface area contributed by atoms with Crippen LogP contribution in [0.25, 0.3) is 16.2 Å². The first-order chi connectivity index (χ1) is 20.1. The van der Waals surface area contributed by atoms with E-state index in [4.69, 9.17) is 11.5 Å². The van der Waals surface area contributed by atoms with Gasteiger partial charge in [-0.15, -0.1) is 5.10 Å². The summed E-state index contributed by atoms with van der Waals surface area (Å²) < 4.78 is 66.6. The molecule has 43 heavy (non-hydrogen) atoms. The average Bonchev–Trinajstić information content (AvgIpc) is 3.52. The van der Waals surface area contributed by atoms with Crippen molar-refractivity contribution in [3.63, 3.8) is 0 Å². The number of guanidine groups is 1. The van der Waals surface area contributed by atoms with Crippen molar-refractivity contribution in [1.29, 1.82) is 0 Å². The molecule has 0 aliphatic rings. The number of nitrogens with two attached hydrogens (primary N) is 2. The number of fused-ring (bicyclic) bond motifs is 1. The summed E-state index contributed by atoms with van der Waals surface area (Å²) in [5.74, 6) is 0.00350. The number of rotatable bonds is 5. The Morgan fingerprint density at radius 1 is 0.860 bits per heavy atom. The van der Waals surface area contributed by atoms with E-state index >= 15 is 0 Å². The molecule has 2 heterocycles. The van der Waals surface area contributed by atoms with Crippen molar-refractivity contribution in [2.24, 2.45) is 23.6 Å². The van der Waals surface area contributed by atoms with Crippen LogP contribution >= 0.6 is 11.3 Å². The molecule has 5 aromatic rings. The molecule has 0 radical (unpaired) electrons. The maximum Gasteiger partial charge on any atom is 0.345 e. The van der Waals surface area contributed by atoms with Crippen molar-refractivity contribution in [2.75, 3.05) is 0 Å².